The van der Waals surface area contributed by atoms with Crippen LogP contribution < -0.4 is 10.5 Å². The molecule has 84 valence electrons. The van der Waals surface area contributed by atoms with Crippen LogP contribution in [0.3, 0.4) is 0 Å². The van der Waals surface area contributed by atoms with Crippen LogP contribution in [0, 0.1) is 0 Å². The number of hydrogen-bond donors (Lipinski definition) is 1. The van der Waals surface area contributed by atoms with Crippen LogP contribution >= 0.6 is 27.5 Å². The van der Waals surface area contributed by atoms with Crippen LogP contribution in [-0.4, -0.2) is 11.3 Å². The average Bonchev–Trinajstić information content (AvgIpc) is 2.07. The third-order valence-electron chi connectivity index (χ3n) is 1.42. The van der Waals surface area contributed by atoms with Gasteiger partial charge in [0.25, 0.3) is 0 Å². The van der Waals surface area contributed by atoms with Crippen molar-refractivity contribution in [3.05, 3.63) is 21.4 Å². The van der Waals surface area contributed by atoms with Crippen LogP contribution in [0.4, 0.5) is 13.2 Å². The van der Waals surface area contributed by atoms with E-state index in [1.54, 1.807) is 0 Å². The van der Waals surface area contributed by atoms with Gasteiger partial charge in [-0.2, -0.15) is 0 Å². The maximum Gasteiger partial charge on any atom is 0.573 e. The number of rotatable bonds is 2. The molecule has 0 saturated heterocycles. The molecule has 0 aromatic carbocycles. The topological polar surface area (TPSA) is 48.1 Å². The minimum absolute atomic E-state index is 0.0205. The molecule has 0 aliphatic rings. The van der Waals surface area contributed by atoms with E-state index < -0.39 is 12.1 Å². The van der Waals surface area contributed by atoms with E-state index in [2.05, 4.69) is 25.7 Å². The zero-order chi connectivity index (χ0) is 11.6. The molecule has 0 radical (unpaired) electrons. The van der Waals surface area contributed by atoms with Crippen LogP contribution in [-0.2, 0) is 6.54 Å². The summed E-state index contributed by atoms with van der Waals surface area (Å²) in [4.78, 5) is 3.61. The van der Waals surface area contributed by atoms with Crippen molar-refractivity contribution in [2.75, 3.05) is 0 Å². The second kappa shape index (κ2) is 4.54. The van der Waals surface area contributed by atoms with E-state index in [1.165, 1.54) is 0 Å². The van der Waals surface area contributed by atoms with Crippen LogP contribution in [0.5, 0.6) is 5.75 Å². The molecule has 0 fully saturated rings. The molecule has 3 nitrogen and oxygen atoms in total. The van der Waals surface area contributed by atoms with Gasteiger partial charge in [0, 0.05) is 12.1 Å². The van der Waals surface area contributed by atoms with E-state index in [4.69, 9.17) is 17.3 Å². The Hall–Kier alpha value is -0.530. The molecule has 15 heavy (non-hydrogen) atoms. The van der Waals surface area contributed by atoms with Crippen molar-refractivity contribution in [1.29, 1.82) is 0 Å². The smallest absolute Gasteiger partial charge is 0.403 e. The van der Waals surface area contributed by atoms with Gasteiger partial charge in [0.2, 0.25) is 0 Å². The normalized spacial score (nSPS) is 11.6. The molecule has 1 rings (SSSR count). The van der Waals surface area contributed by atoms with Gasteiger partial charge in [-0.3, -0.25) is 0 Å². The van der Waals surface area contributed by atoms with Gasteiger partial charge in [0.05, 0.1) is 0 Å². The third kappa shape index (κ3) is 3.51. The van der Waals surface area contributed by atoms with Crippen molar-refractivity contribution in [3.8, 4) is 5.75 Å². The van der Waals surface area contributed by atoms with Gasteiger partial charge in [0.15, 0.2) is 5.75 Å². The highest BCUT2D eigenvalue weighted by Gasteiger charge is 2.32. The summed E-state index contributed by atoms with van der Waals surface area (Å²) in [6.07, 6.45) is -4.77. The monoisotopic (exact) mass is 304 g/mol. The summed E-state index contributed by atoms with van der Waals surface area (Å²) in [6, 6.07) is 1.09. The number of aromatic nitrogens is 1. The molecule has 0 saturated carbocycles. The van der Waals surface area contributed by atoms with Gasteiger partial charge >= 0.3 is 6.36 Å². The Kier molecular flexibility index (Phi) is 3.80. The molecule has 0 aliphatic heterocycles. The summed E-state index contributed by atoms with van der Waals surface area (Å²) in [7, 11) is 0. The fraction of sp³-hybridized carbons (Fsp3) is 0.286. The van der Waals surface area contributed by atoms with E-state index >= 15 is 0 Å². The predicted molar refractivity (Wildman–Crippen MR) is 51.5 cm³/mol. The highest BCUT2D eigenvalue weighted by atomic mass is 79.9. The second-order valence-electron chi connectivity index (χ2n) is 2.48. The van der Waals surface area contributed by atoms with Crippen molar-refractivity contribution in [2.24, 2.45) is 5.73 Å². The SMILES string of the molecule is NCc1cc(OC(F)(F)F)c(Br)nc1Cl. The van der Waals surface area contributed by atoms with Crippen LogP contribution in [0.25, 0.3) is 0 Å². The molecular weight excluding hydrogens is 300 g/mol. The maximum atomic E-state index is 11.9. The van der Waals surface area contributed by atoms with E-state index in [9.17, 15) is 13.2 Å². The molecule has 0 amide bonds. The van der Waals surface area contributed by atoms with Crippen molar-refractivity contribution in [2.45, 2.75) is 12.9 Å². The summed E-state index contributed by atoms with van der Waals surface area (Å²) in [6.45, 7) is -0.0205. The minimum atomic E-state index is -4.77. The van der Waals surface area contributed by atoms with Crippen molar-refractivity contribution in [3.63, 3.8) is 0 Å². The standard InChI is InChI=1S/C7H5BrClF3N2O/c8-5-4(15-7(10,11)12)1-3(2-13)6(9)14-5/h1H,2,13H2. The first-order chi connectivity index (χ1) is 6.83. The molecule has 1 heterocycles. The van der Waals surface area contributed by atoms with Crippen LogP contribution in [0.1, 0.15) is 5.56 Å². The summed E-state index contributed by atoms with van der Waals surface area (Å²) >= 11 is 8.42. The Morgan fingerprint density at radius 2 is 2.13 bits per heavy atom. The molecule has 0 atom stereocenters. The number of nitrogens with zero attached hydrogens (tertiary/aromatic N) is 1. The predicted octanol–water partition coefficient (Wildman–Crippen LogP) is 2.85. The molecule has 1 aromatic heterocycles. The number of ether oxygens (including phenoxy) is 1. The Morgan fingerprint density at radius 3 is 2.60 bits per heavy atom. The molecule has 0 spiro atoms. The molecule has 8 heteroatoms. The zero-order valence-electron chi connectivity index (χ0n) is 7.11. The first-order valence-corrected chi connectivity index (χ1v) is 4.81. The molecule has 2 N–H and O–H groups in total. The van der Waals surface area contributed by atoms with Crippen LogP contribution in [0.15, 0.2) is 10.7 Å². The average molecular weight is 305 g/mol. The third-order valence-corrected chi connectivity index (χ3v) is 2.31. The Bertz CT molecular complexity index is 372. The van der Waals surface area contributed by atoms with Gasteiger partial charge < -0.3 is 10.5 Å². The van der Waals surface area contributed by atoms with E-state index in [1.807, 2.05) is 0 Å². The second-order valence-corrected chi connectivity index (χ2v) is 3.59. The summed E-state index contributed by atoms with van der Waals surface area (Å²) < 4.78 is 39.4. The molecule has 0 bridgehead atoms. The summed E-state index contributed by atoms with van der Waals surface area (Å²) in [5, 5.41) is 0.0406. The largest absolute Gasteiger partial charge is 0.573 e. The molecule has 0 aliphatic carbocycles. The number of halogens is 5. The molecular formula is C7H5BrClF3N2O. The lowest BCUT2D eigenvalue weighted by Gasteiger charge is -2.11. The Morgan fingerprint density at radius 1 is 1.53 bits per heavy atom. The molecule has 0 unspecified atom stereocenters. The van der Waals surface area contributed by atoms with Crippen molar-refractivity contribution < 1.29 is 17.9 Å². The first kappa shape index (κ1) is 12.5. The van der Waals surface area contributed by atoms with E-state index in [0.29, 0.717) is 0 Å². The zero-order valence-corrected chi connectivity index (χ0v) is 9.45. The minimum Gasteiger partial charge on any atom is -0.403 e. The van der Waals surface area contributed by atoms with Gasteiger partial charge in [-0.25, -0.2) is 4.98 Å². The number of alkyl halides is 3. The Labute approximate surface area is 96.5 Å². The van der Waals surface area contributed by atoms with Crippen molar-refractivity contribution >= 4 is 27.5 Å². The number of nitrogens with two attached hydrogens (primary N) is 1. The first-order valence-electron chi connectivity index (χ1n) is 3.64. The summed E-state index contributed by atoms with van der Waals surface area (Å²) in [5.41, 5.74) is 5.53. The fourth-order valence-electron chi connectivity index (χ4n) is 0.830. The van der Waals surface area contributed by atoms with Gasteiger partial charge in [-0.1, -0.05) is 11.6 Å². The molecule has 1 aromatic rings. The number of hydrogen-bond acceptors (Lipinski definition) is 3. The number of pyridine rings is 1. The van der Waals surface area contributed by atoms with E-state index in [-0.39, 0.29) is 21.9 Å². The van der Waals surface area contributed by atoms with Gasteiger partial charge in [-0.05, 0) is 22.0 Å². The lowest BCUT2D eigenvalue weighted by Crippen LogP contribution is -2.18. The Balaban J connectivity index is 3.08. The van der Waals surface area contributed by atoms with E-state index in [0.717, 1.165) is 6.07 Å². The van der Waals surface area contributed by atoms with Gasteiger partial charge in [0.1, 0.15) is 9.76 Å². The quantitative estimate of drug-likeness (QED) is 0.855. The highest BCUT2D eigenvalue weighted by molar-refractivity contribution is 9.10. The maximum absolute atomic E-state index is 11.9. The highest BCUT2D eigenvalue weighted by Crippen LogP contribution is 2.32. The lowest BCUT2D eigenvalue weighted by molar-refractivity contribution is -0.275. The summed E-state index contributed by atoms with van der Waals surface area (Å²) in [5.74, 6) is -0.465. The lowest BCUT2D eigenvalue weighted by atomic mass is 10.3. The van der Waals surface area contributed by atoms with Gasteiger partial charge in [-0.15, -0.1) is 13.2 Å². The fourth-order valence-corrected chi connectivity index (χ4v) is 1.52. The van der Waals surface area contributed by atoms with Crippen LogP contribution in [0.2, 0.25) is 5.15 Å². The van der Waals surface area contributed by atoms with Crippen molar-refractivity contribution in [1.82, 2.24) is 4.98 Å².